The minimum atomic E-state index is -1.69. The third-order valence-corrected chi connectivity index (χ3v) is 7.38. The van der Waals surface area contributed by atoms with E-state index in [4.69, 9.17) is 55.9 Å². The molecule has 3 nitrogen and oxygen atoms in total. The lowest BCUT2D eigenvalue weighted by atomic mass is 9.86. The van der Waals surface area contributed by atoms with Crippen molar-refractivity contribution in [3.8, 4) is 0 Å². The molecular formula is C15H20Cl4O3. The number of carbonyl (C=O) groups excluding carboxylic acids is 1. The number of fused-ring (bicyclic) bond motifs is 2. The molecule has 22 heavy (non-hydrogen) atoms. The molecule has 2 rings (SSSR count). The Morgan fingerprint density at radius 3 is 2.09 bits per heavy atom. The van der Waals surface area contributed by atoms with E-state index in [1.165, 1.54) is 14.2 Å². The van der Waals surface area contributed by atoms with E-state index >= 15 is 0 Å². The standard InChI is InChI=1S/C15H20Cl4O3/c1-4-5-6-7-8-9-12(20)14(19)11(17)10(16)13(9,18)15(14,21-2)22-3/h9H,4-8H2,1-3H3. The number of halogens is 4. The van der Waals surface area contributed by atoms with Gasteiger partial charge >= 0.3 is 0 Å². The number of carbonyl (C=O) groups is 1. The summed E-state index contributed by atoms with van der Waals surface area (Å²) in [5.41, 5.74) is 0. The quantitative estimate of drug-likeness (QED) is 0.356. The minimum absolute atomic E-state index is 0.00402. The van der Waals surface area contributed by atoms with Crippen LogP contribution in [0, 0.1) is 5.92 Å². The van der Waals surface area contributed by atoms with E-state index in [9.17, 15) is 4.79 Å². The highest BCUT2D eigenvalue weighted by molar-refractivity contribution is 6.58. The molecule has 0 N–H and O–H groups in total. The van der Waals surface area contributed by atoms with Crippen LogP contribution in [-0.2, 0) is 14.3 Å². The lowest BCUT2D eigenvalue weighted by molar-refractivity contribution is -0.218. The van der Waals surface area contributed by atoms with Crippen molar-refractivity contribution in [2.24, 2.45) is 5.92 Å². The van der Waals surface area contributed by atoms with Crippen LogP contribution in [0.25, 0.3) is 0 Å². The fourth-order valence-corrected chi connectivity index (χ4v) is 5.73. The summed E-state index contributed by atoms with van der Waals surface area (Å²) in [6.07, 6.45) is 4.66. The molecule has 0 spiro atoms. The fraction of sp³-hybridized carbons (Fsp3) is 0.800. The molecule has 2 bridgehead atoms. The van der Waals surface area contributed by atoms with Gasteiger partial charge in [0.2, 0.25) is 5.79 Å². The van der Waals surface area contributed by atoms with Gasteiger partial charge in [0.05, 0.1) is 10.1 Å². The third-order valence-electron chi connectivity index (χ3n) is 4.80. The van der Waals surface area contributed by atoms with Crippen molar-refractivity contribution in [3.63, 3.8) is 0 Å². The Morgan fingerprint density at radius 1 is 1.05 bits per heavy atom. The molecule has 3 unspecified atom stereocenters. The summed E-state index contributed by atoms with van der Waals surface area (Å²) in [4.78, 5) is 9.82. The van der Waals surface area contributed by atoms with Crippen molar-refractivity contribution in [1.82, 2.24) is 0 Å². The van der Waals surface area contributed by atoms with E-state index < -0.39 is 21.5 Å². The second-order valence-corrected chi connectivity index (χ2v) is 7.71. The van der Waals surface area contributed by atoms with Gasteiger partial charge in [-0.3, -0.25) is 4.79 Å². The van der Waals surface area contributed by atoms with Crippen LogP contribution in [0.5, 0.6) is 0 Å². The summed E-state index contributed by atoms with van der Waals surface area (Å²) in [6.45, 7) is 2.12. The van der Waals surface area contributed by atoms with Gasteiger partial charge in [0.1, 0.15) is 4.87 Å². The van der Waals surface area contributed by atoms with Crippen molar-refractivity contribution in [1.29, 1.82) is 0 Å². The van der Waals surface area contributed by atoms with E-state index in [0.29, 0.717) is 6.42 Å². The molecule has 0 aliphatic heterocycles. The first-order chi connectivity index (χ1) is 10.3. The number of methoxy groups -OCH3 is 2. The van der Waals surface area contributed by atoms with Gasteiger partial charge in [-0.25, -0.2) is 0 Å². The number of alkyl halides is 2. The second kappa shape index (κ2) is 6.42. The van der Waals surface area contributed by atoms with Gasteiger partial charge in [-0.1, -0.05) is 67.4 Å². The van der Waals surface area contributed by atoms with Gasteiger partial charge in [-0.15, -0.1) is 11.6 Å². The number of hydrogen-bond acceptors (Lipinski definition) is 3. The van der Waals surface area contributed by atoms with Crippen LogP contribution in [0.3, 0.4) is 0 Å². The van der Waals surface area contributed by atoms with Gasteiger partial charge < -0.3 is 9.47 Å². The molecule has 0 saturated heterocycles. The van der Waals surface area contributed by atoms with E-state index in [1.54, 1.807) is 0 Å². The zero-order valence-corrected chi connectivity index (χ0v) is 15.9. The van der Waals surface area contributed by atoms with E-state index in [1.807, 2.05) is 0 Å². The van der Waals surface area contributed by atoms with Crippen molar-refractivity contribution in [3.05, 3.63) is 10.1 Å². The zero-order valence-electron chi connectivity index (χ0n) is 12.8. The monoisotopic (exact) mass is 388 g/mol. The number of hydrogen-bond donors (Lipinski definition) is 0. The molecule has 0 amide bonds. The Labute approximate surface area is 151 Å². The highest BCUT2D eigenvalue weighted by atomic mass is 35.5. The molecule has 0 radical (unpaired) electrons. The molecule has 2 aliphatic rings. The fourth-order valence-electron chi connectivity index (χ4n) is 3.69. The molecule has 1 fully saturated rings. The van der Waals surface area contributed by atoms with Crippen molar-refractivity contribution < 1.29 is 14.3 Å². The smallest absolute Gasteiger partial charge is 0.225 e. The van der Waals surface area contributed by atoms with Crippen LogP contribution >= 0.6 is 46.4 Å². The maximum Gasteiger partial charge on any atom is 0.225 e. The van der Waals surface area contributed by atoms with Crippen molar-refractivity contribution >= 4 is 52.2 Å². The molecule has 0 aromatic carbocycles. The zero-order chi connectivity index (χ0) is 16.8. The van der Waals surface area contributed by atoms with Crippen LogP contribution in [-0.4, -0.2) is 35.5 Å². The maximum atomic E-state index is 12.9. The van der Waals surface area contributed by atoms with E-state index in [2.05, 4.69) is 6.92 Å². The predicted octanol–water partition coefficient (Wildman–Crippen LogP) is 4.80. The lowest BCUT2D eigenvalue weighted by Gasteiger charge is -2.40. The maximum absolute atomic E-state index is 12.9. The Kier molecular flexibility index (Phi) is 5.49. The molecule has 1 saturated carbocycles. The Hall–Kier alpha value is 0.490. The minimum Gasteiger partial charge on any atom is -0.349 e. The molecule has 0 aromatic heterocycles. The van der Waals surface area contributed by atoms with Crippen molar-refractivity contribution in [2.45, 2.75) is 54.6 Å². The first-order valence-electron chi connectivity index (χ1n) is 7.38. The van der Waals surface area contributed by atoms with E-state index in [-0.39, 0.29) is 15.8 Å². The largest absolute Gasteiger partial charge is 0.349 e. The summed E-state index contributed by atoms with van der Waals surface area (Å²) in [5, 5.41) is 0.152. The number of rotatable bonds is 7. The van der Waals surface area contributed by atoms with Crippen LogP contribution in [0.15, 0.2) is 10.1 Å². The van der Waals surface area contributed by atoms with Crippen molar-refractivity contribution in [2.75, 3.05) is 14.2 Å². The summed E-state index contributed by atoms with van der Waals surface area (Å²) < 4.78 is 11.0. The number of unbranched alkanes of at least 4 members (excludes halogenated alkanes) is 3. The summed E-state index contributed by atoms with van der Waals surface area (Å²) in [5.74, 6) is -2.46. The van der Waals surface area contributed by atoms with Gasteiger partial charge in [0.25, 0.3) is 0 Å². The molecule has 2 aliphatic carbocycles. The van der Waals surface area contributed by atoms with Gasteiger partial charge in [0, 0.05) is 20.1 Å². The molecule has 0 heterocycles. The Bertz CT molecular complexity index is 503. The highest BCUT2D eigenvalue weighted by Gasteiger charge is 2.84. The number of Topliss-reactive ketones (excluding diaryl/α,β-unsaturated/α-hetero) is 1. The predicted molar refractivity (Wildman–Crippen MR) is 89.9 cm³/mol. The summed E-state index contributed by atoms with van der Waals surface area (Å²) >= 11 is 26.0. The van der Waals surface area contributed by atoms with Crippen LogP contribution in [0.1, 0.15) is 39.0 Å². The van der Waals surface area contributed by atoms with Crippen LogP contribution in [0.2, 0.25) is 0 Å². The lowest BCUT2D eigenvalue weighted by Crippen LogP contribution is -2.57. The van der Waals surface area contributed by atoms with Crippen LogP contribution < -0.4 is 0 Å². The molecule has 3 atom stereocenters. The van der Waals surface area contributed by atoms with Gasteiger partial charge in [-0.2, -0.15) is 0 Å². The second-order valence-electron chi connectivity index (χ2n) is 5.79. The van der Waals surface area contributed by atoms with Gasteiger partial charge in [0.15, 0.2) is 10.7 Å². The summed E-state index contributed by atoms with van der Waals surface area (Å²) in [7, 11) is 2.79. The number of ketones is 1. The molecular weight excluding hydrogens is 370 g/mol. The average Bonchev–Trinajstić information content (AvgIpc) is 2.74. The molecule has 126 valence electrons. The Balaban J connectivity index is 2.43. The average molecular weight is 390 g/mol. The van der Waals surface area contributed by atoms with Gasteiger partial charge in [-0.05, 0) is 6.42 Å². The first kappa shape index (κ1) is 18.8. The highest BCUT2D eigenvalue weighted by Crippen LogP contribution is 2.70. The van der Waals surface area contributed by atoms with Crippen LogP contribution in [0.4, 0.5) is 0 Å². The SMILES string of the molecule is CCCCCCC1C(=O)C2(Cl)C(Cl)=C(Cl)C1(Cl)C2(OC)OC. The Morgan fingerprint density at radius 2 is 1.64 bits per heavy atom. The first-order valence-corrected chi connectivity index (χ1v) is 8.89. The third kappa shape index (κ3) is 1.99. The number of ether oxygens (including phenoxy) is 2. The normalized spacial score (nSPS) is 36.5. The van der Waals surface area contributed by atoms with E-state index in [0.717, 1.165) is 25.7 Å². The molecule has 7 heteroatoms. The molecule has 0 aromatic rings. The summed E-state index contributed by atoms with van der Waals surface area (Å²) in [6, 6.07) is 0. The topological polar surface area (TPSA) is 35.5 Å².